The number of thiazole rings is 1. The Balaban J connectivity index is 2.04. The van der Waals surface area contributed by atoms with Gasteiger partial charge >= 0.3 is 0 Å². The minimum Gasteiger partial charge on any atom is -0.439 e. The van der Waals surface area contributed by atoms with Crippen LogP contribution in [-0.2, 0) is 13.0 Å². The van der Waals surface area contributed by atoms with Gasteiger partial charge in [0.05, 0.1) is 11.2 Å². The Bertz CT molecular complexity index is 411. The molecule has 0 saturated carbocycles. The fraction of sp³-hybridized carbons (Fsp3) is 0.333. The lowest BCUT2D eigenvalue weighted by Gasteiger charge is -2.07. The average Bonchev–Trinajstić information content (AvgIpc) is 2.86. The van der Waals surface area contributed by atoms with Crippen molar-refractivity contribution in [3.63, 3.8) is 0 Å². The Morgan fingerprint density at radius 1 is 1.50 bits per heavy atom. The molecule has 1 N–H and O–H groups in total. The average molecular weight is 207 g/mol. The van der Waals surface area contributed by atoms with Gasteiger partial charge < -0.3 is 9.73 Å². The lowest BCUT2D eigenvalue weighted by Crippen LogP contribution is -2.22. The summed E-state index contributed by atoms with van der Waals surface area (Å²) >= 11 is 1.55. The molecule has 4 nitrogen and oxygen atoms in total. The van der Waals surface area contributed by atoms with Crippen LogP contribution in [0.5, 0.6) is 0 Å². The quantitative estimate of drug-likeness (QED) is 0.768. The van der Waals surface area contributed by atoms with Crippen LogP contribution in [0.3, 0.4) is 0 Å². The molecule has 14 heavy (non-hydrogen) atoms. The first-order valence-corrected chi connectivity index (χ1v) is 5.45. The largest absolute Gasteiger partial charge is 0.439 e. The summed E-state index contributed by atoms with van der Waals surface area (Å²) in [7, 11) is 0. The maximum Gasteiger partial charge on any atom is 0.246 e. The van der Waals surface area contributed by atoms with Crippen molar-refractivity contribution in [3.8, 4) is 11.6 Å². The van der Waals surface area contributed by atoms with Gasteiger partial charge in [-0.15, -0.1) is 11.3 Å². The Morgan fingerprint density at radius 2 is 2.50 bits per heavy atom. The molecule has 0 unspecified atom stereocenters. The van der Waals surface area contributed by atoms with E-state index >= 15 is 0 Å². The molecule has 2 aromatic heterocycles. The maximum absolute atomic E-state index is 5.64. The molecular formula is C9H9N3OS. The maximum atomic E-state index is 5.64. The molecule has 0 saturated heterocycles. The molecular weight excluding hydrogens is 198 g/mol. The third-order valence-electron chi connectivity index (χ3n) is 2.25. The van der Waals surface area contributed by atoms with E-state index in [-0.39, 0.29) is 0 Å². The minimum absolute atomic E-state index is 0.653. The van der Waals surface area contributed by atoms with Gasteiger partial charge in [-0.1, -0.05) is 0 Å². The van der Waals surface area contributed by atoms with Crippen LogP contribution in [-0.4, -0.2) is 16.5 Å². The van der Waals surface area contributed by atoms with Crippen molar-refractivity contribution in [1.82, 2.24) is 15.3 Å². The van der Waals surface area contributed by atoms with Crippen molar-refractivity contribution in [1.29, 1.82) is 0 Å². The van der Waals surface area contributed by atoms with Gasteiger partial charge in [0.2, 0.25) is 5.89 Å². The van der Waals surface area contributed by atoms with Crippen molar-refractivity contribution >= 4 is 11.3 Å². The highest BCUT2D eigenvalue weighted by atomic mass is 32.1. The van der Waals surface area contributed by atoms with E-state index in [2.05, 4.69) is 15.3 Å². The van der Waals surface area contributed by atoms with Gasteiger partial charge in [0.25, 0.3) is 0 Å². The normalized spacial score (nSPS) is 15.4. The Kier molecular flexibility index (Phi) is 1.85. The van der Waals surface area contributed by atoms with Crippen LogP contribution < -0.4 is 5.32 Å². The summed E-state index contributed by atoms with van der Waals surface area (Å²) in [6.45, 7) is 1.78. The molecule has 0 atom stereocenters. The number of hydrogen-bond acceptors (Lipinski definition) is 5. The summed E-state index contributed by atoms with van der Waals surface area (Å²) in [5.74, 6) is 1.66. The van der Waals surface area contributed by atoms with Crippen molar-refractivity contribution < 1.29 is 4.42 Å². The molecule has 72 valence electrons. The molecule has 0 amide bonds. The molecule has 3 rings (SSSR count). The van der Waals surface area contributed by atoms with Gasteiger partial charge in [-0.25, -0.2) is 9.97 Å². The van der Waals surface area contributed by atoms with E-state index in [0.717, 1.165) is 36.7 Å². The molecule has 2 aromatic rings. The second kappa shape index (κ2) is 3.18. The van der Waals surface area contributed by atoms with Crippen LogP contribution in [0.4, 0.5) is 0 Å². The highest BCUT2D eigenvalue weighted by Crippen LogP contribution is 2.23. The van der Waals surface area contributed by atoms with E-state index in [1.54, 1.807) is 16.8 Å². The topological polar surface area (TPSA) is 51.0 Å². The molecule has 0 fully saturated rings. The summed E-state index contributed by atoms with van der Waals surface area (Å²) in [5, 5.41) is 5.21. The van der Waals surface area contributed by atoms with Gasteiger partial charge in [0, 0.05) is 24.9 Å². The van der Waals surface area contributed by atoms with Crippen molar-refractivity contribution in [2.75, 3.05) is 6.54 Å². The van der Waals surface area contributed by atoms with E-state index < -0.39 is 0 Å². The third-order valence-corrected chi connectivity index (χ3v) is 2.84. The van der Waals surface area contributed by atoms with Crippen LogP contribution in [0.1, 0.15) is 11.5 Å². The zero-order valence-corrected chi connectivity index (χ0v) is 8.30. The lowest BCUT2D eigenvalue weighted by molar-refractivity contribution is 0.482. The molecule has 1 aliphatic rings. The van der Waals surface area contributed by atoms with Crippen molar-refractivity contribution in [3.05, 3.63) is 22.3 Å². The molecule has 3 heterocycles. The van der Waals surface area contributed by atoms with Crippen molar-refractivity contribution in [2.24, 2.45) is 0 Å². The molecule has 0 aliphatic carbocycles. The first-order chi connectivity index (χ1) is 6.93. The predicted molar refractivity (Wildman–Crippen MR) is 53.0 cm³/mol. The molecule has 1 aliphatic heterocycles. The number of fused-ring (bicyclic) bond motifs is 1. The highest BCUT2D eigenvalue weighted by Gasteiger charge is 2.17. The van der Waals surface area contributed by atoms with Crippen molar-refractivity contribution in [2.45, 2.75) is 13.0 Å². The second-order valence-corrected chi connectivity index (χ2v) is 3.91. The van der Waals surface area contributed by atoms with Gasteiger partial charge in [-0.3, -0.25) is 0 Å². The summed E-state index contributed by atoms with van der Waals surface area (Å²) in [5.41, 5.74) is 3.65. The van der Waals surface area contributed by atoms with Crippen LogP contribution in [0, 0.1) is 0 Å². The zero-order chi connectivity index (χ0) is 9.38. The summed E-state index contributed by atoms with van der Waals surface area (Å²) in [6, 6.07) is 0. The highest BCUT2D eigenvalue weighted by molar-refractivity contribution is 7.07. The molecule has 0 bridgehead atoms. The van der Waals surface area contributed by atoms with Gasteiger partial charge in [0.15, 0.2) is 0 Å². The molecule has 0 spiro atoms. The zero-order valence-electron chi connectivity index (χ0n) is 7.49. The second-order valence-electron chi connectivity index (χ2n) is 3.19. The number of nitrogens with zero attached hydrogens (tertiary/aromatic N) is 2. The van der Waals surface area contributed by atoms with E-state index in [1.807, 2.05) is 5.38 Å². The molecule has 0 aromatic carbocycles. The smallest absolute Gasteiger partial charge is 0.246 e. The van der Waals surface area contributed by atoms with E-state index in [9.17, 15) is 0 Å². The Hall–Kier alpha value is -1.20. The number of hydrogen-bond donors (Lipinski definition) is 1. The SMILES string of the molecule is c1nc(-c2nc3c(o2)CCNC3)cs1. The van der Waals surface area contributed by atoms with Crippen LogP contribution >= 0.6 is 11.3 Å². The lowest BCUT2D eigenvalue weighted by atomic mass is 10.2. The number of rotatable bonds is 1. The van der Waals surface area contributed by atoms with E-state index in [0.29, 0.717) is 5.89 Å². The summed E-state index contributed by atoms with van der Waals surface area (Å²) in [4.78, 5) is 8.58. The fourth-order valence-corrected chi connectivity index (χ4v) is 2.08. The monoisotopic (exact) mass is 207 g/mol. The Labute approximate surface area is 85.0 Å². The third kappa shape index (κ3) is 1.25. The molecule has 5 heteroatoms. The predicted octanol–water partition coefficient (Wildman–Crippen LogP) is 1.44. The first-order valence-electron chi connectivity index (χ1n) is 4.51. The fourth-order valence-electron chi connectivity index (χ4n) is 1.55. The summed E-state index contributed by atoms with van der Waals surface area (Å²) < 4.78 is 5.64. The van der Waals surface area contributed by atoms with Crippen LogP contribution in [0.2, 0.25) is 0 Å². The van der Waals surface area contributed by atoms with Crippen LogP contribution in [0.25, 0.3) is 11.6 Å². The Morgan fingerprint density at radius 3 is 3.29 bits per heavy atom. The van der Waals surface area contributed by atoms with Gasteiger partial charge in [-0.05, 0) is 0 Å². The van der Waals surface area contributed by atoms with Gasteiger partial charge in [0.1, 0.15) is 11.5 Å². The summed E-state index contributed by atoms with van der Waals surface area (Å²) in [6.07, 6.45) is 0.923. The first kappa shape index (κ1) is 8.14. The van der Waals surface area contributed by atoms with Gasteiger partial charge in [-0.2, -0.15) is 0 Å². The van der Waals surface area contributed by atoms with Crippen LogP contribution in [0.15, 0.2) is 15.3 Å². The van der Waals surface area contributed by atoms with E-state index in [1.165, 1.54) is 0 Å². The molecule has 0 radical (unpaired) electrons. The minimum atomic E-state index is 0.653. The number of aromatic nitrogens is 2. The standard InChI is InChI=1S/C9H9N3OS/c1-2-10-3-6-8(1)13-9(12-6)7-4-14-5-11-7/h4-5,10H,1-3H2. The van der Waals surface area contributed by atoms with E-state index in [4.69, 9.17) is 4.42 Å². The number of nitrogens with one attached hydrogen (secondary N) is 1. The number of oxazole rings is 1.